The zero-order valence-corrected chi connectivity index (χ0v) is 9.45. The number of hydrogen-bond donors (Lipinski definition) is 1. The van der Waals surface area contributed by atoms with Crippen LogP contribution in [-0.2, 0) is 10.3 Å². The first-order chi connectivity index (χ1) is 6.95. The molecule has 1 rings (SSSR count). The first-order valence-corrected chi connectivity index (χ1v) is 4.96. The highest BCUT2D eigenvalue weighted by atomic mass is 16.5. The molecule has 0 amide bonds. The molecule has 0 aliphatic heterocycles. The lowest BCUT2D eigenvalue weighted by Crippen LogP contribution is -2.15. The molecule has 1 heterocycles. The van der Waals surface area contributed by atoms with Crippen LogP contribution in [0.4, 0.5) is 0 Å². The molecule has 82 valence electrons. The largest absolute Gasteiger partial charge is 0.492 e. The Bertz CT molecular complexity index is 336. The van der Waals surface area contributed by atoms with Crippen LogP contribution in [0.5, 0.6) is 0 Å². The molecule has 0 unspecified atom stereocenters. The number of aliphatic hydroxyl groups is 1. The summed E-state index contributed by atoms with van der Waals surface area (Å²) in [4.78, 5) is 4.18. The molecular formula is C12H17NO2. The number of hydrogen-bond acceptors (Lipinski definition) is 3. The van der Waals surface area contributed by atoms with Crippen molar-refractivity contribution < 1.29 is 9.84 Å². The van der Waals surface area contributed by atoms with Crippen molar-refractivity contribution in [2.75, 3.05) is 6.61 Å². The lowest BCUT2D eigenvalue weighted by Gasteiger charge is -2.17. The van der Waals surface area contributed by atoms with Gasteiger partial charge in [-0.3, -0.25) is 4.98 Å². The average Bonchev–Trinajstić information content (AvgIpc) is 2.17. The molecule has 3 heteroatoms. The second kappa shape index (κ2) is 4.45. The van der Waals surface area contributed by atoms with E-state index in [2.05, 4.69) is 11.6 Å². The predicted molar refractivity (Wildman–Crippen MR) is 60.1 cm³/mol. The van der Waals surface area contributed by atoms with Crippen molar-refractivity contribution in [2.24, 2.45) is 0 Å². The van der Waals surface area contributed by atoms with Crippen LogP contribution in [0.3, 0.4) is 0 Å². The van der Waals surface area contributed by atoms with Gasteiger partial charge in [0.05, 0.1) is 12.2 Å². The first kappa shape index (κ1) is 11.7. The molecule has 0 radical (unpaired) electrons. The van der Waals surface area contributed by atoms with Gasteiger partial charge in [-0.25, -0.2) is 0 Å². The summed E-state index contributed by atoms with van der Waals surface area (Å²) < 4.78 is 5.23. The normalized spacial score (nSPS) is 11.2. The zero-order chi connectivity index (χ0) is 11.5. The number of nitrogens with zero attached hydrogens (tertiary/aromatic N) is 1. The maximum absolute atomic E-state index is 9.73. The van der Waals surface area contributed by atoms with Crippen LogP contribution in [0.2, 0.25) is 0 Å². The lowest BCUT2D eigenvalue weighted by molar-refractivity contribution is 0.0782. The van der Waals surface area contributed by atoms with E-state index in [0.717, 1.165) is 5.56 Å². The van der Waals surface area contributed by atoms with Gasteiger partial charge in [0.2, 0.25) is 0 Å². The second-order valence-corrected chi connectivity index (χ2v) is 3.85. The number of pyridine rings is 1. The average molecular weight is 207 g/mol. The Kier molecular flexibility index (Phi) is 3.48. The molecule has 1 aromatic heterocycles. The summed E-state index contributed by atoms with van der Waals surface area (Å²) in [6.45, 7) is 9.68. The fraction of sp³-hybridized carbons (Fsp3) is 0.417. The fourth-order valence-electron chi connectivity index (χ4n) is 1.17. The van der Waals surface area contributed by atoms with E-state index in [1.54, 1.807) is 26.1 Å². The third kappa shape index (κ3) is 3.06. The summed E-state index contributed by atoms with van der Waals surface area (Å²) >= 11 is 0. The Balaban J connectivity index is 2.86. The monoisotopic (exact) mass is 207 g/mol. The van der Waals surface area contributed by atoms with Gasteiger partial charge in [0, 0.05) is 11.8 Å². The van der Waals surface area contributed by atoms with E-state index < -0.39 is 5.60 Å². The Morgan fingerprint density at radius 1 is 1.53 bits per heavy atom. The highest BCUT2D eigenvalue weighted by molar-refractivity contribution is 5.53. The molecule has 3 nitrogen and oxygen atoms in total. The summed E-state index contributed by atoms with van der Waals surface area (Å²) in [5.74, 6) is 0.555. The van der Waals surface area contributed by atoms with E-state index in [-0.39, 0.29) is 0 Å². The molecule has 0 aliphatic carbocycles. The van der Waals surface area contributed by atoms with Crippen molar-refractivity contribution in [3.8, 4) is 0 Å². The highest BCUT2D eigenvalue weighted by Gasteiger charge is 2.16. The van der Waals surface area contributed by atoms with E-state index in [1.165, 1.54) is 0 Å². The van der Waals surface area contributed by atoms with Crippen molar-refractivity contribution in [3.63, 3.8) is 0 Å². The van der Waals surface area contributed by atoms with E-state index >= 15 is 0 Å². The van der Waals surface area contributed by atoms with E-state index in [1.807, 2.05) is 13.0 Å². The van der Waals surface area contributed by atoms with Crippen LogP contribution in [-0.4, -0.2) is 16.7 Å². The van der Waals surface area contributed by atoms with Gasteiger partial charge in [0.25, 0.3) is 0 Å². The molecule has 0 fully saturated rings. The van der Waals surface area contributed by atoms with Crippen molar-refractivity contribution in [1.82, 2.24) is 4.98 Å². The quantitative estimate of drug-likeness (QED) is 0.770. The van der Waals surface area contributed by atoms with Gasteiger partial charge in [-0.05, 0) is 26.8 Å². The summed E-state index contributed by atoms with van der Waals surface area (Å²) in [5, 5.41) is 9.73. The SMILES string of the molecule is C=C(OCC)c1ccc(C(C)(C)O)cn1. The van der Waals surface area contributed by atoms with Gasteiger partial charge in [0.1, 0.15) is 11.5 Å². The van der Waals surface area contributed by atoms with Crippen LogP contribution in [0.15, 0.2) is 24.9 Å². The van der Waals surface area contributed by atoms with Crippen LogP contribution >= 0.6 is 0 Å². The van der Waals surface area contributed by atoms with Crippen molar-refractivity contribution in [3.05, 3.63) is 36.2 Å². The summed E-state index contributed by atoms with van der Waals surface area (Å²) in [6, 6.07) is 3.62. The molecular weight excluding hydrogens is 190 g/mol. The van der Waals surface area contributed by atoms with E-state index in [9.17, 15) is 5.11 Å². The maximum Gasteiger partial charge on any atom is 0.137 e. The van der Waals surface area contributed by atoms with Gasteiger partial charge in [-0.1, -0.05) is 12.6 Å². The Morgan fingerprint density at radius 3 is 2.60 bits per heavy atom. The Hall–Kier alpha value is -1.35. The summed E-state index contributed by atoms with van der Waals surface area (Å²) in [7, 11) is 0. The second-order valence-electron chi connectivity index (χ2n) is 3.85. The smallest absolute Gasteiger partial charge is 0.137 e. The minimum atomic E-state index is -0.863. The van der Waals surface area contributed by atoms with Gasteiger partial charge in [0.15, 0.2) is 0 Å². The van der Waals surface area contributed by atoms with Crippen LogP contribution in [0.1, 0.15) is 32.0 Å². The van der Waals surface area contributed by atoms with Gasteiger partial charge in [-0.2, -0.15) is 0 Å². The van der Waals surface area contributed by atoms with E-state index in [4.69, 9.17) is 4.74 Å². The highest BCUT2D eigenvalue weighted by Crippen LogP contribution is 2.20. The summed E-state index contributed by atoms with van der Waals surface area (Å²) in [5.41, 5.74) is 0.610. The Morgan fingerprint density at radius 2 is 2.20 bits per heavy atom. The van der Waals surface area contributed by atoms with Gasteiger partial charge in [-0.15, -0.1) is 0 Å². The molecule has 1 aromatic rings. The fourth-order valence-corrected chi connectivity index (χ4v) is 1.17. The minimum Gasteiger partial charge on any atom is -0.492 e. The number of rotatable bonds is 4. The van der Waals surface area contributed by atoms with Crippen LogP contribution in [0, 0.1) is 0 Å². The Labute approximate surface area is 90.4 Å². The standard InChI is InChI=1S/C12H17NO2/c1-5-15-9(2)11-7-6-10(8-13-11)12(3,4)14/h6-8,14H,2,5H2,1,3-4H3. The molecule has 0 saturated carbocycles. The third-order valence-corrected chi connectivity index (χ3v) is 2.07. The van der Waals surface area contributed by atoms with Crippen molar-refractivity contribution in [2.45, 2.75) is 26.4 Å². The molecule has 0 aromatic carbocycles. The molecule has 0 aliphatic rings. The van der Waals surface area contributed by atoms with Crippen LogP contribution < -0.4 is 0 Å². The van der Waals surface area contributed by atoms with Gasteiger partial charge >= 0.3 is 0 Å². The topological polar surface area (TPSA) is 42.4 Å². The van der Waals surface area contributed by atoms with Crippen LogP contribution in [0.25, 0.3) is 5.76 Å². The lowest BCUT2D eigenvalue weighted by atomic mass is 10.0. The molecule has 0 atom stereocenters. The molecule has 1 N–H and O–H groups in total. The number of ether oxygens (including phenoxy) is 1. The third-order valence-electron chi connectivity index (χ3n) is 2.07. The van der Waals surface area contributed by atoms with Gasteiger partial charge < -0.3 is 9.84 Å². The zero-order valence-electron chi connectivity index (χ0n) is 9.45. The predicted octanol–water partition coefficient (Wildman–Crippen LogP) is 2.32. The molecule has 15 heavy (non-hydrogen) atoms. The van der Waals surface area contributed by atoms with Crippen molar-refractivity contribution in [1.29, 1.82) is 0 Å². The number of aromatic nitrogens is 1. The molecule has 0 bridgehead atoms. The van der Waals surface area contributed by atoms with E-state index in [0.29, 0.717) is 18.1 Å². The molecule has 0 saturated heterocycles. The van der Waals surface area contributed by atoms with Crippen molar-refractivity contribution >= 4 is 5.76 Å². The summed E-state index contributed by atoms with van der Waals surface area (Å²) in [6.07, 6.45) is 1.64. The maximum atomic E-state index is 9.73. The minimum absolute atomic E-state index is 0.555. The first-order valence-electron chi connectivity index (χ1n) is 4.96. The molecule has 0 spiro atoms.